The van der Waals surface area contributed by atoms with Gasteiger partial charge in [0.15, 0.2) is 0 Å². The molecule has 2 nitrogen and oxygen atoms in total. The number of benzene rings is 3. The molecule has 0 bridgehead atoms. The summed E-state index contributed by atoms with van der Waals surface area (Å²) in [5, 5.41) is 2.40. The van der Waals surface area contributed by atoms with Crippen molar-refractivity contribution in [2.75, 3.05) is 5.84 Å². The number of aromatic nitrogens is 1. The number of aryl methyl sites for hydroxylation is 2. The van der Waals surface area contributed by atoms with E-state index in [0.717, 1.165) is 22.5 Å². The summed E-state index contributed by atoms with van der Waals surface area (Å²) in [6.07, 6.45) is 0. The Labute approximate surface area is 142 Å². The first-order valence-corrected chi connectivity index (χ1v) is 8.18. The van der Waals surface area contributed by atoms with Gasteiger partial charge in [0.25, 0.3) is 0 Å². The van der Waals surface area contributed by atoms with Gasteiger partial charge in [0.2, 0.25) is 0 Å². The van der Waals surface area contributed by atoms with Gasteiger partial charge >= 0.3 is 0 Å². The van der Waals surface area contributed by atoms with E-state index in [2.05, 4.69) is 74.5 Å². The van der Waals surface area contributed by atoms with Crippen LogP contribution in [0.25, 0.3) is 33.3 Å². The summed E-state index contributed by atoms with van der Waals surface area (Å²) in [5.41, 5.74) is 6.96. The van der Waals surface area contributed by atoms with Crippen LogP contribution in [0.5, 0.6) is 0 Å². The zero-order chi connectivity index (χ0) is 16.7. The van der Waals surface area contributed by atoms with Crippen molar-refractivity contribution in [1.29, 1.82) is 0 Å². The largest absolute Gasteiger partial charge is 0.339 e. The number of hydrogen-bond donors (Lipinski definition) is 1. The minimum absolute atomic E-state index is 1.06. The topological polar surface area (TPSA) is 30.9 Å². The first-order chi connectivity index (χ1) is 11.7. The predicted molar refractivity (Wildman–Crippen MR) is 102 cm³/mol. The molecule has 0 spiro atoms. The summed E-state index contributed by atoms with van der Waals surface area (Å²) in [4.78, 5) is 0. The van der Waals surface area contributed by atoms with E-state index in [1.807, 2.05) is 16.8 Å². The fourth-order valence-electron chi connectivity index (χ4n) is 3.36. The molecule has 0 fully saturated rings. The van der Waals surface area contributed by atoms with Gasteiger partial charge in [0.05, 0.1) is 11.4 Å². The van der Waals surface area contributed by atoms with E-state index in [4.69, 9.17) is 5.84 Å². The third-order valence-corrected chi connectivity index (χ3v) is 4.72. The maximum absolute atomic E-state index is 6.60. The maximum atomic E-state index is 6.60. The predicted octanol–water partition coefficient (Wildman–Crippen LogP) is 5.31. The zero-order valence-electron chi connectivity index (χ0n) is 14.0. The van der Waals surface area contributed by atoms with E-state index in [1.165, 1.54) is 21.9 Å². The summed E-state index contributed by atoms with van der Waals surface area (Å²) < 4.78 is 1.84. The molecule has 2 heteroatoms. The SMILES string of the molecule is Cc1cc2c(-c3ccccc3)n(N)c(-c3ccccc3)c2cc1C. The quantitative estimate of drug-likeness (QED) is 0.500. The normalized spacial score (nSPS) is 11.1. The second-order valence-electron chi connectivity index (χ2n) is 6.28. The van der Waals surface area contributed by atoms with Gasteiger partial charge in [0.1, 0.15) is 0 Å². The van der Waals surface area contributed by atoms with Crippen LogP contribution in [-0.4, -0.2) is 4.68 Å². The van der Waals surface area contributed by atoms with Crippen molar-refractivity contribution in [3.8, 4) is 22.5 Å². The molecule has 0 saturated carbocycles. The molecule has 24 heavy (non-hydrogen) atoms. The molecule has 2 N–H and O–H groups in total. The molecular formula is C22H20N2. The van der Waals surface area contributed by atoms with Crippen molar-refractivity contribution >= 4 is 10.8 Å². The van der Waals surface area contributed by atoms with Crippen LogP contribution in [0.2, 0.25) is 0 Å². The molecule has 0 amide bonds. The summed E-state index contributed by atoms with van der Waals surface area (Å²) in [7, 11) is 0. The lowest BCUT2D eigenvalue weighted by Crippen LogP contribution is -2.11. The number of rotatable bonds is 2. The second kappa shape index (κ2) is 5.57. The Balaban J connectivity index is 2.14. The monoisotopic (exact) mass is 312 g/mol. The van der Waals surface area contributed by atoms with Crippen LogP contribution >= 0.6 is 0 Å². The average molecular weight is 312 g/mol. The molecule has 0 atom stereocenters. The van der Waals surface area contributed by atoms with Gasteiger partial charge in [-0.3, -0.25) is 4.68 Å². The number of nitrogens with two attached hydrogens (primary N) is 1. The summed E-state index contributed by atoms with van der Waals surface area (Å²) >= 11 is 0. The Morgan fingerprint density at radius 1 is 0.625 bits per heavy atom. The second-order valence-corrected chi connectivity index (χ2v) is 6.28. The van der Waals surface area contributed by atoms with Crippen LogP contribution in [-0.2, 0) is 0 Å². The standard InChI is InChI=1S/C22H20N2/c1-15-13-19-20(14-16(15)2)22(18-11-7-4-8-12-18)24(23)21(19)17-9-5-3-6-10-17/h3-14H,23H2,1-2H3. The van der Waals surface area contributed by atoms with Gasteiger partial charge in [-0.1, -0.05) is 60.7 Å². The van der Waals surface area contributed by atoms with Crippen molar-refractivity contribution in [2.24, 2.45) is 0 Å². The van der Waals surface area contributed by atoms with E-state index in [-0.39, 0.29) is 0 Å². The molecule has 0 radical (unpaired) electrons. The highest BCUT2D eigenvalue weighted by Crippen LogP contribution is 2.38. The van der Waals surface area contributed by atoms with E-state index in [1.54, 1.807) is 0 Å². The molecule has 0 aliphatic carbocycles. The third-order valence-electron chi connectivity index (χ3n) is 4.72. The highest BCUT2D eigenvalue weighted by Gasteiger charge is 2.18. The van der Waals surface area contributed by atoms with Crippen LogP contribution < -0.4 is 5.84 Å². The van der Waals surface area contributed by atoms with Crippen LogP contribution in [0.4, 0.5) is 0 Å². The molecule has 0 unspecified atom stereocenters. The average Bonchev–Trinajstić information content (AvgIpc) is 2.88. The zero-order valence-corrected chi connectivity index (χ0v) is 14.0. The fraction of sp³-hybridized carbons (Fsp3) is 0.0909. The Bertz CT molecular complexity index is 930. The molecule has 118 valence electrons. The highest BCUT2D eigenvalue weighted by atomic mass is 15.3. The molecule has 0 aliphatic heterocycles. The molecule has 0 aliphatic rings. The molecule has 3 aromatic carbocycles. The number of hydrogen-bond acceptors (Lipinski definition) is 1. The molecule has 4 rings (SSSR count). The molecule has 1 heterocycles. The Hall–Kier alpha value is -3.00. The first-order valence-electron chi connectivity index (χ1n) is 8.18. The fourth-order valence-corrected chi connectivity index (χ4v) is 3.36. The van der Waals surface area contributed by atoms with Gasteiger partial charge < -0.3 is 5.84 Å². The minimum atomic E-state index is 1.06. The van der Waals surface area contributed by atoms with Crippen molar-refractivity contribution in [2.45, 2.75) is 13.8 Å². The lowest BCUT2D eigenvalue weighted by molar-refractivity contribution is 1.04. The third kappa shape index (κ3) is 2.19. The van der Waals surface area contributed by atoms with Crippen LogP contribution in [0.3, 0.4) is 0 Å². The molecular weight excluding hydrogens is 292 g/mol. The lowest BCUT2D eigenvalue weighted by atomic mass is 9.99. The number of nitrogens with zero attached hydrogens (tertiary/aromatic N) is 1. The van der Waals surface area contributed by atoms with Crippen LogP contribution in [0.1, 0.15) is 11.1 Å². The van der Waals surface area contributed by atoms with E-state index in [9.17, 15) is 0 Å². The Kier molecular flexibility index (Phi) is 3.39. The first kappa shape index (κ1) is 14.6. The molecule has 4 aromatic rings. The van der Waals surface area contributed by atoms with Crippen molar-refractivity contribution < 1.29 is 0 Å². The number of fused-ring (bicyclic) bond motifs is 1. The number of nitrogen functional groups attached to an aromatic ring is 1. The summed E-state index contributed by atoms with van der Waals surface area (Å²) in [6.45, 7) is 4.30. The van der Waals surface area contributed by atoms with Gasteiger partial charge in [0, 0.05) is 21.9 Å². The Morgan fingerprint density at radius 2 is 1.00 bits per heavy atom. The van der Waals surface area contributed by atoms with Crippen molar-refractivity contribution in [3.05, 3.63) is 83.9 Å². The minimum Gasteiger partial charge on any atom is -0.339 e. The maximum Gasteiger partial charge on any atom is 0.0776 e. The summed E-state index contributed by atoms with van der Waals surface area (Å²) in [5.74, 6) is 6.60. The van der Waals surface area contributed by atoms with E-state index in [0.29, 0.717) is 0 Å². The van der Waals surface area contributed by atoms with Gasteiger partial charge in [-0.15, -0.1) is 0 Å². The van der Waals surface area contributed by atoms with Crippen LogP contribution in [0.15, 0.2) is 72.8 Å². The lowest BCUT2D eigenvalue weighted by Gasteiger charge is -2.08. The molecule has 0 saturated heterocycles. The summed E-state index contributed by atoms with van der Waals surface area (Å²) in [6, 6.07) is 25.2. The Morgan fingerprint density at radius 3 is 1.38 bits per heavy atom. The van der Waals surface area contributed by atoms with Gasteiger partial charge in [-0.2, -0.15) is 0 Å². The van der Waals surface area contributed by atoms with Gasteiger partial charge in [-0.25, -0.2) is 0 Å². The van der Waals surface area contributed by atoms with Crippen molar-refractivity contribution in [1.82, 2.24) is 4.68 Å². The van der Waals surface area contributed by atoms with Crippen molar-refractivity contribution in [3.63, 3.8) is 0 Å². The van der Waals surface area contributed by atoms with E-state index >= 15 is 0 Å². The smallest absolute Gasteiger partial charge is 0.0776 e. The van der Waals surface area contributed by atoms with Crippen LogP contribution in [0, 0.1) is 13.8 Å². The molecule has 1 aromatic heterocycles. The van der Waals surface area contributed by atoms with E-state index < -0.39 is 0 Å². The van der Waals surface area contributed by atoms with Gasteiger partial charge in [-0.05, 0) is 37.1 Å². The highest BCUT2D eigenvalue weighted by molar-refractivity contribution is 6.06.